The summed E-state index contributed by atoms with van der Waals surface area (Å²) >= 11 is 0. The van der Waals surface area contributed by atoms with Crippen LogP contribution in [-0.2, 0) is 10.0 Å². The third-order valence-electron chi connectivity index (χ3n) is 5.05. The number of carbonyl (C=O) groups is 1. The average Bonchev–Trinajstić information content (AvgIpc) is 3.01. The number of nitrogens with zero attached hydrogens (tertiary/aromatic N) is 2. The Morgan fingerprint density at radius 1 is 1.22 bits per heavy atom. The Balaban J connectivity index is 1.86. The molecule has 1 unspecified atom stereocenters. The quantitative estimate of drug-likeness (QED) is 0.825. The summed E-state index contributed by atoms with van der Waals surface area (Å²) in [5.41, 5.74) is 0.164. The molecule has 6 nitrogen and oxygen atoms in total. The molecule has 1 spiro atoms. The maximum absolute atomic E-state index is 12.8. The predicted molar refractivity (Wildman–Crippen MR) is 86.8 cm³/mol. The fourth-order valence-corrected chi connectivity index (χ4v) is 5.54. The fraction of sp³-hybridized carbons (Fsp3) is 0.688. The standard InChI is InChI=1S/C16H24N2O4S/c1-12-10-14(13(2)22-12)15(19)17-8-4-6-16(11-17)7-5-9-18(16)23(3,20)21/h10H,4-9,11H2,1-3H3. The van der Waals surface area contributed by atoms with E-state index in [1.807, 2.05) is 6.92 Å². The smallest absolute Gasteiger partial charge is 0.257 e. The number of hydrogen-bond donors (Lipinski definition) is 0. The zero-order chi connectivity index (χ0) is 16.8. The van der Waals surface area contributed by atoms with Gasteiger partial charge in [0.05, 0.1) is 17.4 Å². The molecule has 7 heteroatoms. The number of likely N-dealkylation sites (tertiary alicyclic amines) is 1. The first-order valence-corrected chi connectivity index (χ1v) is 9.92. The van der Waals surface area contributed by atoms with Crippen molar-refractivity contribution in [3.05, 3.63) is 23.2 Å². The molecular weight excluding hydrogens is 316 g/mol. The minimum Gasteiger partial charge on any atom is -0.466 e. The monoisotopic (exact) mass is 340 g/mol. The van der Waals surface area contributed by atoms with Crippen LogP contribution in [0.25, 0.3) is 0 Å². The second-order valence-corrected chi connectivity index (χ2v) is 8.73. The van der Waals surface area contributed by atoms with Gasteiger partial charge in [0.1, 0.15) is 11.5 Å². The Labute approximate surface area is 137 Å². The topological polar surface area (TPSA) is 70.8 Å². The molecule has 0 aromatic carbocycles. The van der Waals surface area contributed by atoms with E-state index in [0.29, 0.717) is 31.0 Å². The van der Waals surface area contributed by atoms with Gasteiger partial charge in [-0.3, -0.25) is 4.79 Å². The number of aryl methyl sites for hydroxylation is 2. The third kappa shape index (κ3) is 2.92. The molecular formula is C16H24N2O4S. The number of rotatable bonds is 2. The molecule has 23 heavy (non-hydrogen) atoms. The van der Waals surface area contributed by atoms with Crippen LogP contribution in [0.5, 0.6) is 0 Å². The number of hydrogen-bond acceptors (Lipinski definition) is 4. The number of sulfonamides is 1. The van der Waals surface area contributed by atoms with Crippen molar-refractivity contribution in [3.63, 3.8) is 0 Å². The Morgan fingerprint density at radius 2 is 1.87 bits per heavy atom. The van der Waals surface area contributed by atoms with Crippen LogP contribution >= 0.6 is 0 Å². The van der Waals surface area contributed by atoms with Crippen LogP contribution in [0.2, 0.25) is 0 Å². The van der Waals surface area contributed by atoms with Crippen molar-refractivity contribution >= 4 is 15.9 Å². The third-order valence-corrected chi connectivity index (χ3v) is 6.42. The lowest BCUT2D eigenvalue weighted by atomic mass is 9.87. The number of furan rings is 1. The van der Waals surface area contributed by atoms with Gasteiger partial charge in [-0.25, -0.2) is 8.42 Å². The minimum atomic E-state index is -3.25. The summed E-state index contributed by atoms with van der Waals surface area (Å²) in [5, 5.41) is 0. The number of piperidine rings is 1. The van der Waals surface area contributed by atoms with Gasteiger partial charge < -0.3 is 9.32 Å². The minimum absolute atomic E-state index is 0.0567. The molecule has 1 aromatic rings. The highest BCUT2D eigenvalue weighted by Gasteiger charge is 2.48. The summed E-state index contributed by atoms with van der Waals surface area (Å²) in [6, 6.07) is 1.77. The van der Waals surface area contributed by atoms with Gasteiger partial charge in [-0.2, -0.15) is 4.31 Å². The van der Waals surface area contributed by atoms with E-state index in [1.165, 1.54) is 6.26 Å². The largest absolute Gasteiger partial charge is 0.466 e. The van der Waals surface area contributed by atoms with Crippen LogP contribution < -0.4 is 0 Å². The molecule has 0 radical (unpaired) electrons. The Morgan fingerprint density at radius 3 is 2.43 bits per heavy atom. The van der Waals surface area contributed by atoms with Gasteiger partial charge in [-0.15, -0.1) is 0 Å². The van der Waals surface area contributed by atoms with Crippen LogP contribution in [0, 0.1) is 13.8 Å². The van der Waals surface area contributed by atoms with E-state index in [1.54, 1.807) is 22.2 Å². The van der Waals surface area contributed by atoms with Gasteiger partial charge in [0, 0.05) is 19.6 Å². The first-order valence-electron chi connectivity index (χ1n) is 8.07. The molecule has 0 N–H and O–H groups in total. The molecule has 2 fully saturated rings. The normalized spacial score (nSPS) is 26.1. The van der Waals surface area contributed by atoms with Crippen LogP contribution in [0.3, 0.4) is 0 Å². The summed E-state index contributed by atoms with van der Waals surface area (Å²) in [7, 11) is -3.25. The number of amides is 1. The van der Waals surface area contributed by atoms with E-state index >= 15 is 0 Å². The SMILES string of the molecule is Cc1cc(C(=O)N2CCCC3(CCCN3S(C)(=O)=O)C2)c(C)o1. The maximum atomic E-state index is 12.8. The van der Waals surface area contributed by atoms with Crippen LogP contribution in [-0.4, -0.2) is 55.0 Å². The van der Waals surface area contributed by atoms with E-state index in [0.717, 1.165) is 31.4 Å². The van der Waals surface area contributed by atoms with Gasteiger partial charge >= 0.3 is 0 Å². The van der Waals surface area contributed by atoms with Crippen LogP contribution in [0.1, 0.15) is 47.6 Å². The van der Waals surface area contributed by atoms with Crippen molar-refractivity contribution in [1.29, 1.82) is 0 Å². The zero-order valence-corrected chi connectivity index (χ0v) is 14.8. The maximum Gasteiger partial charge on any atom is 0.257 e. The molecule has 0 bridgehead atoms. The predicted octanol–water partition coefficient (Wildman–Crippen LogP) is 1.93. The summed E-state index contributed by atoms with van der Waals surface area (Å²) < 4.78 is 31.3. The second-order valence-electron chi connectivity index (χ2n) is 6.82. The lowest BCUT2D eigenvalue weighted by Gasteiger charge is -2.44. The van der Waals surface area contributed by atoms with E-state index in [4.69, 9.17) is 4.42 Å². The van der Waals surface area contributed by atoms with Crippen molar-refractivity contribution in [1.82, 2.24) is 9.21 Å². The molecule has 1 amide bonds. The van der Waals surface area contributed by atoms with Crippen molar-refractivity contribution in [2.45, 2.75) is 45.1 Å². The molecule has 1 atom stereocenters. The van der Waals surface area contributed by atoms with E-state index in [9.17, 15) is 13.2 Å². The molecule has 128 valence electrons. The molecule has 2 aliphatic heterocycles. The summed E-state index contributed by atoms with van der Waals surface area (Å²) in [6.07, 6.45) is 4.61. The average molecular weight is 340 g/mol. The first kappa shape index (κ1) is 16.5. The molecule has 0 aliphatic carbocycles. The van der Waals surface area contributed by atoms with Crippen molar-refractivity contribution in [2.75, 3.05) is 25.9 Å². The number of carbonyl (C=O) groups excluding carboxylic acids is 1. The second kappa shape index (κ2) is 5.63. The van der Waals surface area contributed by atoms with Crippen molar-refractivity contribution in [3.8, 4) is 0 Å². The highest BCUT2D eigenvalue weighted by atomic mass is 32.2. The van der Waals surface area contributed by atoms with Gasteiger partial charge in [0.15, 0.2) is 0 Å². The van der Waals surface area contributed by atoms with Crippen molar-refractivity contribution in [2.24, 2.45) is 0 Å². The molecule has 1 aromatic heterocycles. The van der Waals surface area contributed by atoms with Crippen LogP contribution in [0.15, 0.2) is 10.5 Å². The van der Waals surface area contributed by atoms with E-state index < -0.39 is 15.6 Å². The summed E-state index contributed by atoms with van der Waals surface area (Å²) in [6.45, 7) is 5.32. The first-order chi connectivity index (χ1) is 10.7. The molecule has 0 saturated carbocycles. The van der Waals surface area contributed by atoms with Gasteiger partial charge in [-0.1, -0.05) is 0 Å². The zero-order valence-electron chi connectivity index (χ0n) is 14.0. The lowest BCUT2D eigenvalue weighted by Crippen LogP contribution is -2.58. The van der Waals surface area contributed by atoms with E-state index in [2.05, 4.69) is 0 Å². The molecule has 3 heterocycles. The van der Waals surface area contributed by atoms with Crippen LogP contribution in [0.4, 0.5) is 0 Å². The Kier molecular flexibility index (Phi) is 4.04. The van der Waals surface area contributed by atoms with Crippen molar-refractivity contribution < 1.29 is 17.6 Å². The Hall–Kier alpha value is -1.34. The highest BCUT2D eigenvalue weighted by Crippen LogP contribution is 2.39. The fourth-order valence-electron chi connectivity index (χ4n) is 4.14. The summed E-state index contributed by atoms with van der Waals surface area (Å²) in [5.74, 6) is 1.29. The Bertz CT molecular complexity index is 724. The molecule has 3 rings (SSSR count). The van der Waals surface area contributed by atoms with Gasteiger partial charge in [0.2, 0.25) is 10.0 Å². The van der Waals surface area contributed by atoms with Gasteiger partial charge in [0.25, 0.3) is 5.91 Å². The molecule has 2 aliphatic rings. The highest BCUT2D eigenvalue weighted by molar-refractivity contribution is 7.88. The lowest BCUT2D eigenvalue weighted by molar-refractivity contribution is 0.0523. The van der Waals surface area contributed by atoms with Gasteiger partial charge in [-0.05, 0) is 45.6 Å². The summed E-state index contributed by atoms with van der Waals surface area (Å²) in [4.78, 5) is 14.6. The molecule has 2 saturated heterocycles. The van der Waals surface area contributed by atoms with E-state index in [-0.39, 0.29) is 5.91 Å².